The molecule has 2 aromatic rings. The summed E-state index contributed by atoms with van der Waals surface area (Å²) in [6, 6.07) is 11.3. The quantitative estimate of drug-likeness (QED) is 0.274. The molecule has 0 spiro atoms. The highest BCUT2D eigenvalue weighted by Gasteiger charge is 2.26. The number of aliphatic imine (C=N–C) groups is 1. The van der Waals surface area contributed by atoms with E-state index in [9.17, 15) is 23.1 Å². The van der Waals surface area contributed by atoms with E-state index in [-0.39, 0.29) is 40.5 Å². The molecular formula is C22H27N5O5S. The number of amides is 1. The Labute approximate surface area is 192 Å². The molecule has 0 saturated heterocycles. The first-order valence-corrected chi connectivity index (χ1v) is 12.0. The first-order valence-electron chi connectivity index (χ1n) is 10.5. The number of carboxylic acids is 1. The average Bonchev–Trinajstić information content (AvgIpc) is 3.28. The van der Waals surface area contributed by atoms with Gasteiger partial charge in [-0.15, -0.1) is 0 Å². The van der Waals surface area contributed by atoms with E-state index in [1.54, 1.807) is 18.2 Å². The van der Waals surface area contributed by atoms with E-state index >= 15 is 0 Å². The Bertz CT molecular complexity index is 1160. The van der Waals surface area contributed by atoms with Gasteiger partial charge < -0.3 is 21.9 Å². The highest BCUT2D eigenvalue weighted by atomic mass is 32.2. The number of aliphatic carboxylic acids is 1. The molecular weight excluding hydrogens is 446 g/mol. The Morgan fingerprint density at radius 1 is 1.09 bits per heavy atom. The predicted molar refractivity (Wildman–Crippen MR) is 124 cm³/mol. The molecule has 1 saturated carbocycles. The fourth-order valence-corrected chi connectivity index (χ4v) is 4.90. The second kappa shape index (κ2) is 10.3. The zero-order chi connectivity index (χ0) is 24.0. The predicted octanol–water partition coefficient (Wildman–Crippen LogP) is 2.21. The molecule has 1 fully saturated rings. The molecule has 0 aliphatic heterocycles. The maximum Gasteiger partial charge on any atom is 0.305 e. The molecule has 33 heavy (non-hydrogen) atoms. The number of benzene rings is 2. The highest BCUT2D eigenvalue weighted by Crippen LogP contribution is 2.28. The number of hydrogen-bond donors (Lipinski definition) is 5. The number of guanidine groups is 1. The lowest BCUT2D eigenvalue weighted by molar-refractivity contribution is -0.138. The van der Waals surface area contributed by atoms with Gasteiger partial charge in [-0.1, -0.05) is 31.0 Å². The topological polar surface area (TPSA) is 177 Å². The largest absolute Gasteiger partial charge is 0.481 e. The number of rotatable bonds is 9. The van der Waals surface area contributed by atoms with Gasteiger partial charge in [0.1, 0.15) is 0 Å². The van der Waals surface area contributed by atoms with Crippen LogP contribution in [0.1, 0.15) is 43.7 Å². The van der Waals surface area contributed by atoms with Crippen LogP contribution in [0.25, 0.3) is 0 Å². The molecule has 1 aliphatic rings. The maximum absolute atomic E-state index is 12.9. The van der Waals surface area contributed by atoms with E-state index < -0.39 is 22.0 Å². The van der Waals surface area contributed by atoms with Crippen molar-refractivity contribution in [1.82, 2.24) is 5.32 Å². The second-order valence-corrected chi connectivity index (χ2v) is 9.59. The lowest BCUT2D eigenvalue weighted by Crippen LogP contribution is -2.34. The van der Waals surface area contributed by atoms with E-state index in [0.717, 1.165) is 25.7 Å². The monoisotopic (exact) mass is 473 g/mol. The average molecular weight is 474 g/mol. The summed E-state index contributed by atoms with van der Waals surface area (Å²) in [5, 5.41) is 12.1. The van der Waals surface area contributed by atoms with Crippen molar-refractivity contribution in [1.29, 1.82) is 0 Å². The molecule has 10 nitrogen and oxygen atoms in total. The Balaban J connectivity index is 1.82. The van der Waals surface area contributed by atoms with Gasteiger partial charge in [-0.3, -0.25) is 14.3 Å². The number of anilines is 1. The molecule has 0 aromatic heterocycles. The fraction of sp³-hybridized carbons (Fsp3) is 0.318. The van der Waals surface area contributed by atoms with Crippen LogP contribution in [0, 0.1) is 5.92 Å². The molecule has 0 radical (unpaired) electrons. The third-order valence-electron chi connectivity index (χ3n) is 5.35. The van der Waals surface area contributed by atoms with Crippen LogP contribution in [0.3, 0.4) is 0 Å². The zero-order valence-electron chi connectivity index (χ0n) is 17.9. The number of sulfonamides is 1. The van der Waals surface area contributed by atoms with Gasteiger partial charge in [0.05, 0.1) is 23.0 Å². The van der Waals surface area contributed by atoms with Gasteiger partial charge in [0, 0.05) is 11.6 Å². The molecule has 2 aromatic carbocycles. The molecule has 1 atom stereocenters. The summed E-state index contributed by atoms with van der Waals surface area (Å²) in [6.07, 6.45) is 3.19. The minimum Gasteiger partial charge on any atom is -0.481 e. The van der Waals surface area contributed by atoms with Crippen molar-refractivity contribution >= 4 is 39.2 Å². The van der Waals surface area contributed by atoms with Gasteiger partial charge in [-0.25, -0.2) is 13.4 Å². The minimum absolute atomic E-state index is 0.0491. The van der Waals surface area contributed by atoms with Gasteiger partial charge in [0.25, 0.3) is 10.0 Å². The smallest absolute Gasteiger partial charge is 0.305 e. The Morgan fingerprint density at radius 3 is 2.45 bits per heavy atom. The third kappa shape index (κ3) is 6.69. The molecule has 7 N–H and O–H groups in total. The van der Waals surface area contributed by atoms with Crippen LogP contribution in [0.4, 0.5) is 11.4 Å². The van der Waals surface area contributed by atoms with Crippen LogP contribution in [-0.2, 0) is 19.6 Å². The van der Waals surface area contributed by atoms with Crippen LogP contribution in [-0.4, -0.2) is 31.4 Å². The van der Waals surface area contributed by atoms with Crippen LogP contribution in [0.2, 0.25) is 0 Å². The van der Waals surface area contributed by atoms with Gasteiger partial charge in [-0.2, -0.15) is 0 Å². The normalized spacial score (nSPS) is 14.9. The van der Waals surface area contributed by atoms with Crippen molar-refractivity contribution in [2.45, 2.75) is 43.0 Å². The Kier molecular flexibility index (Phi) is 7.54. The summed E-state index contributed by atoms with van der Waals surface area (Å²) < 4.78 is 28.2. The maximum atomic E-state index is 12.9. The van der Waals surface area contributed by atoms with E-state index in [4.69, 9.17) is 11.5 Å². The van der Waals surface area contributed by atoms with E-state index in [2.05, 4.69) is 15.0 Å². The summed E-state index contributed by atoms with van der Waals surface area (Å²) in [4.78, 5) is 27.8. The van der Waals surface area contributed by atoms with Crippen molar-refractivity contribution in [3.05, 3.63) is 54.1 Å². The van der Waals surface area contributed by atoms with Crippen LogP contribution < -0.4 is 21.5 Å². The van der Waals surface area contributed by atoms with E-state index in [1.807, 2.05) is 0 Å². The summed E-state index contributed by atoms with van der Waals surface area (Å²) in [5.74, 6) is -1.58. The van der Waals surface area contributed by atoms with Crippen molar-refractivity contribution in [3.63, 3.8) is 0 Å². The Morgan fingerprint density at radius 2 is 1.79 bits per heavy atom. The van der Waals surface area contributed by atoms with Gasteiger partial charge >= 0.3 is 5.97 Å². The van der Waals surface area contributed by atoms with Crippen molar-refractivity contribution in [3.8, 4) is 0 Å². The van der Waals surface area contributed by atoms with Gasteiger partial charge in [0.15, 0.2) is 5.96 Å². The molecule has 3 rings (SSSR count). The molecule has 0 heterocycles. The summed E-state index contributed by atoms with van der Waals surface area (Å²) in [5.41, 5.74) is 11.7. The van der Waals surface area contributed by atoms with Crippen LogP contribution in [0.5, 0.6) is 0 Å². The minimum atomic E-state index is -3.98. The second-order valence-electron chi connectivity index (χ2n) is 7.91. The van der Waals surface area contributed by atoms with Gasteiger partial charge in [-0.05, 0) is 48.7 Å². The number of nitrogens with zero attached hydrogens (tertiary/aromatic N) is 1. The standard InChI is InChI=1S/C22H27N5O5S/c23-22(24)25-16-8-4-10-18(12-16)33(31,32)27-17-9-3-7-15(11-17)19(13-20(28)29)26-21(30)14-5-1-2-6-14/h3-4,7-12,14,19,27H,1-2,5-6,13H2,(H,26,30)(H,28,29)(H4,23,24,25). The molecule has 1 unspecified atom stereocenters. The third-order valence-corrected chi connectivity index (χ3v) is 6.73. The Hall–Kier alpha value is -3.60. The lowest BCUT2D eigenvalue weighted by Gasteiger charge is -2.21. The number of nitrogens with two attached hydrogens (primary N) is 2. The van der Waals surface area contributed by atoms with Crippen LogP contribution in [0.15, 0.2) is 58.4 Å². The number of nitrogens with one attached hydrogen (secondary N) is 2. The molecule has 0 bridgehead atoms. The SMILES string of the molecule is NC(N)=Nc1cccc(S(=O)(=O)Nc2cccc(C(CC(=O)O)NC(=O)C3CCCC3)c2)c1. The van der Waals surface area contributed by atoms with Crippen molar-refractivity contribution in [2.24, 2.45) is 22.4 Å². The number of carboxylic acid groups (broad SMARTS) is 1. The number of hydrogen-bond acceptors (Lipinski definition) is 5. The van der Waals surface area contributed by atoms with Crippen molar-refractivity contribution in [2.75, 3.05) is 4.72 Å². The van der Waals surface area contributed by atoms with Gasteiger partial charge in [0.2, 0.25) is 5.91 Å². The zero-order valence-corrected chi connectivity index (χ0v) is 18.7. The molecule has 11 heteroatoms. The molecule has 176 valence electrons. The summed E-state index contributed by atoms with van der Waals surface area (Å²) >= 11 is 0. The summed E-state index contributed by atoms with van der Waals surface area (Å²) in [7, 11) is -3.98. The fourth-order valence-electron chi connectivity index (χ4n) is 3.81. The van der Waals surface area contributed by atoms with E-state index in [0.29, 0.717) is 5.56 Å². The number of carbonyl (C=O) groups is 2. The molecule has 1 aliphatic carbocycles. The van der Waals surface area contributed by atoms with Crippen molar-refractivity contribution < 1.29 is 23.1 Å². The lowest BCUT2D eigenvalue weighted by atomic mass is 10.0. The number of carbonyl (C=O) groups excluding carboxylic acids is 1. The van der Waals surface area contributed by atoms with Crippen LogP contribution >= 0.6 is 0 Å². The first kappa shape index (κ1) is 24.1. The van der Waals surface area contributed by atoms with E-state index in [1.165, 1.54) is 30.3 Å². The first-order chi connectivity index (χ1) is 15.6. The highest BCUT2D eigenvalue weighted by molar-refractivity contribution is 7.92. The summed E-state index contributed by atoms with van der Waals surface area (Å²) in [6.45, 7) is 0. The molecule has 1 amide bonds.